The number of nitrogens with two attached hydrogens (primary N) is 1. The Bertz CT molecular complexity index is 481. The van der Waals surface area contributed by atoms with Crippen LogP contribution < -0.4 is 5.73 Å². The fourth-order valence-electron chi connectivity index (χ4n) is 1.31. The molecule has 1 aromatic carbocycles. The van der Waals surface area contributed by atoms with Crippen LogP contribution in [0, 0.1) is 5.82 Å². The van der Waals surface area contributed by atoms with Gasteiger partial charge in [-0.2, -0.15) is 5.10 Å². The summed E-state index contributed by atoms with van der Waals surface area (Å²) >= 11 is 3.19. The Balaban J connectivity index is 2.49. The normalized spacial score (nSPS) is 10.6. The van der Waals surface area contributed by atoms with Gasteiger partial charge in [0, 0.05) is 17.8 Å². The number of nitrogens with zero attached hydrogens (tertiary/aromatic N) is 1. The number of aromatic nitrogens is 2. The number of rotatable bonds is 2. The zero-order valence-corrected chi connectivity index (χ0v) is 9.38. The van der Waals surface area contributed by atoms with E-state index in [1.807, 2.05) is 0 Å². The summed E-state index contributed by atoms with van der Waals surface area (Å²) in [6.45, 7) is 0.389. The van der Waals surface area contributed by atoms with Crippen molar-refractivity contribution in [3.8, 4) is 11.3 Å². The zero-order valence-electron chi connectivity index (χ0n) is 7.80. The average Bonchev–Trinajstić information content (AvgIpc) is 2.70. The molecular weight excluding hydrogens is 261 g/mol. The Kier molecular flexibility index (Phi) is 2.83. The summed E-state index contributed by atoms with van der Waals surface area (Å²) in [5, 5.41) is 6.84. The third-order valence-corrected chi connectivity index (χ3v) is 2.88. The Labute approximate surface area is 94.6 Å². The van der Waals surface area contributed by atoms with E-state index in [1.54, 1.807) is 18.2 Å². The SMILES string of the molecule is NCc1cc(-c2cccc(F)c2Br)n[nH]1. The monoisotopic (exact) mass is 269 g/mol. The van der Waals surface area contributed by atoms with E-state index in [9.17, 15) is 4.39 Å². The van der Waals surface area contributed by atoms with Gasteiger partial charge in [0.25, 0.3) is 0 Å². The highest BCUT2D eigenvalue weighted by Crippen LogP contribution is 2.29. The third-order valence-electron chi connectivity index (χ3n) is 2.08. The van der Waals surface area contributed by atoms with E-state index >= 15 is 0 Å². The molecule has 1 heterocycles. The maximum absolute atomic E-state index is 13.2. The maximum atomic E-state index is 13.2. The minimum Gasteiger partial charge on any atom is -0.325 e. The molecule has 0 saturated carbocycles. The molecule has 3 nitrogen and oxygen atoms in total. The molecule has 2 rings (SSSR count). The number of hydrogen-bond acceptors (Lipinski definition) is 2. The topological polar surface area (TPSA) is 54.7 Å². The number of nitrogens with one attached hydrogen (secondary N) is 1. The molecule has 0 saturated heterocycles. The van der Waals surface area contributed by atoms with E-state index in [4.69, 9.17) is 5.73 Å². The molecule has 0 radical (unpaired) electrons. The first-order valence-electron chi connectivity index (χ1n) is 4.41. The first kappa shape index (κ1) is 10.3. The summed E-state index contributed by atoms with van der Waals surface area (Å²) in [4.78, 5) is 0. The van der Waals surface area contributed by atoms with Crippen molar-refractivity contribution in [1.82, 2.24) is 10.2 Å². The molecule has 1 aromatic heterocycles. The van der Waals surface area contributed by atoms with Gasteiger partial charge >= 0.3 is 0 Å². The van der Waals surface area contributed by atoms with Crippen LogP contribution in [0.15, 0.2) is 28.7 Å². The van der Waals surface area contributed by atoms with Crippen LogP contribution in [0.2, 0.25) is 0 Å². The minimum atomic E-state index is -0.301. The predicted molar refractivity (Wildman–Crippen MR) is 59.6 cm³/mol. The Morgan fingerprint density at radius 2 is 2.27 bits per heavy atom. The second-order valence-electron chi connectivity index (χ2n) is 3.08. The van der Waals surface area contributed by atoms with Crippen LogP contribution >= 0.6 is 15.9 Å². The van der Waals surface area contributed by atoms with E-state index in [0.29, 0.717) is 22.3 Å². The van der Waals surface area contributed by atoms with Crippen molar-refractivity contribution in [1.29, 1.82) is 0 Å². The van der Waals surface area contributed by atoms with E-state index in [2.05, 4.69) is 26.1 Å². The van der Waals surface area contributed by atoms with Crippen molar-refractivity contribution in [2.24, 2.45) is 5.73 Å². The second-order valence-corrected chi connectivity index (χ2v) is 3.88. The molecule has 0 fully saturated rings. The van der Waals surface area contributed by atoms with Crippen LogP contribution in [-0.2, 0) is 6.54 Å². The van der Waals surface area contributed by atoms with Crippen LogP contribution in [0.3, 0.4) is 0 Å². The predicted octanol–water partition coefficient (Wildman–Crippen LogP) is 2.44. The van der Waals surface area contributed by atoms with Crippen molar-refractivity contribution in [2.45, 2.75) is 6.54 Å². The van der Waals surface area contributed by atoms with Gasteiger partial charge in [-0.25, -0.2) is 4.39 Å². The lowest BCUT2D eigenvalue weighted by molar-refractivity contribution is 0.621. The number of benzene rings is 1. The molecule has 0 amide bonds. The molecule has 15 heavy (non-hydrogen) atoms. The standard InChI is InChI=1S/C10H9BrFN3/c11-10-7(2-1-3-8(10)12)9-4-6(5-13)14-15-9/h1-4H,5,13H2,(H,14,15). The Morgan fingerprint density at radius 1 is 1.47 bits per heavy atom. The highest BCUT2D eigenvalue weighted by Gasteiger charge is 2.09. The van der Waals surface area contributed by atoms with Gasteiger partial charge in [-0.3, -0.25) is 5.10 Å². The molecule has 0 aliphatic heterocycles. The lowest BCUT2D eigenvalue weighted by atomic mass is 10.1. The van der Waals surface area contributed by atoms with E-state index in [1.165, 1.54) is 6.07 Å². The van der Waals surface area contributed by atoms with Gasteiger partial charge in [-0.1, -0.05) is 12.1 Å². The molecule has 78 valence electrons. The molecule has 3 N–H and O–H groups in total. The number of halogens is 2. The van der Waals surface area contributed by atoms with Crippen molar-refractivity contribution in [2.75, 3.05) is 0 Å². The quantitative estimate of drug-likeness (QED) is 0.880. The van der Waals surface area contributed by atoms with E-state index in [-0.39, 0.29) is 5.82 Å². The van der Waals surface area contributed by atoms with Crippen LogP contribution in [-0.4, -0.2) is 10.2 Å². The van der Waals surface area contributed by atoms with Crippen LogP contribution in [0.4, 0.5) is 4.39 Å². The van der Waals surface area contributed by atoms with Gasteiger partial charge in [0.1, 0.15) is 5.82 Å². The van der Waals surface area contributed by atoms with Gasteiger partial charge in [0.2, 0.25) is 0 Å². The Morgan fingerprint density at radius 3 is 2.93 bits per heavy atom. The third kappa shape index (κ3) is 1.93. The fraction of sp³-hybridized carbons (Fsp3) is 0.100. The van der Waals surface area contributed by atoms with Crippen LogP contribution in [0.1, 0.15) is 5.69 Å². The van der Waals surface area contributed by atoms with Crippen molar-refractivity contribution in [3.63, 3.8) is 0 Å². The largest absolute Gasteiger partial charge is 0.325 e. The minimum absolute atomic E-state index is 0.301. The number of aromatic amines is 1. The second kappa shape index (κ2) is 4.12. The Hall–Kier alpha value is -1.20. The molecule has 0 bridgehead atoms. The van der Waals surface area contributed by atoms with Gasteiger partial charge < -0.3 is 5.73 Å². The molecule has 0 unspecified atom stereocenters. The van der Waals surface area contributed by atoms with E-state index < -0.39 is 0 Å². The first-order chi connectivity index (χ1) is 7.22. The molecule has 0 spiro atoms. The van der Waals surface area contributed by atoms with Crippen molar-refractivity contribution in [3.05, 3.63) is 40.2 Å². The van der Waals surface area contributed by atoms with Gasteiger partial charge in [0.15, 0.2) is 0 Å². The fourth-order valence-corrected chi connectivity index (χ4v) is 1.77. The summed E-state index contributed by atoms with van der Waals surface area (Å²) in [5.41, 5.74) is 7.67. The molecule has 0 aliphatic rings. The lowest BCUT2D eigenvalue weighted by Gasteiger charge is -2.00. The summed E-state index contributed by atoms with van der Waals surface area (Å²) in [7, 11) is 0. The summed E-state index contributed by atoms with van der Waals surface area (Å²) in [6.07, 6.45) is 0. The summed E-state index contributed by atoms with van der Waals surface area (Å²) < 4.78 is 13.7. The highest BCUT2D eigenvalue weighted by atomic mass is 79.9. The number of hydrogen-bond donors (Lipinski definition) is 2. The van der Waals surface area contributed by atoms with Crippen LogP contribution in [0.5, 0.6) is 0 Å². The molecular formula is C10H9BrFN3. The van der Waals surface area contributed by atoms with Gasteiger partial charge in [-0.15, -0.1) is 0 Å². The molecule has 5 heteroatoms. The van der Waals surface area contributed by atoms with E-state index in [0.717, 1.165) is 5.69 Å². The van der Waals surface area contributed by atoms with Crippen molar-refractivity contribution >= 4 is 15.9 Å². The van der Waals surface area contributed by atoms with Crippen LogP contribution in [0.25, 0.3) is 11.3 Å². The smallest absolute Gasteiger partial charge is 0.138 e. The van der Waals surface area contributed by atoms with Gasteiger partial charge in [-0.05, 0) is 28.1 Å². The summed E-state index contributed by atoms with van der Waals surface area (Å²) in [6, 6.07) is 6.64. The average molecular weight is 270 g/mol. The number of H-pyrrole nitrogens is 1. The zero-order chi connectivity index (χ0) is 10.8. The van der Waals surface area contributed by atoms with Gasteiger partial charge in [0.05, 0.1) is 10.2 Å². The molecule has 0 aliphatic carbocycles. The first-order valence-corrected chi connectivity index (χ1v) is 5.20. The molecule has 0 atom stereocenters. The highest BCUT2D eigenvalue weighted by molar-refractivity contribution is 9.10. The molecule has 2 aromatic rings. The maximum Gasteiger partial charge on any atom is 0.138 e. The van der Waals surface area contributed by atoms with Crippen molar-refractivity contribution < 1.29 is 4.39 Å². The lowest BCUT2D eigenvalue weighted by Crippen LogP contribution is -1.95. The summed E-state index contributed by atoms with van der Waals surface area (Å²) in [5.74, 6) is -0.301.